The Labute approximate surface area is 152 Å². The van der Waals surface area contributed by atoms with E-state index in [-0.39, 0.29) is 17.0 Å². The minimum Gasteiger partial charge on any atom is -0.460 e. The number of furan rings is 1. The van der Waals surface area contributed by atoms with Crippen molar-refractivity contribution in [3.05, 3.63) is 35.4 Å². The van der Waals surface area contributed by atoms with Gasteiger partial charge in [0, 0.05) is 11.9 Å². The molecular weight excluding hydrogens is 360 g/mol. The number of aliphatic imine (C=N–C) groups is 1. The largest absolute Gasteiger partial charge is 0.460 e. The molecule has 0 amide bonds. The van der Waals surface area contributed by atoms with E-state index in [4.69, 9.17) is 10.2 Å². The Morgan fingerprint density at radius 3 is 2.81 bits per heavy atom. The summed E-state index contributed by atoms with van der Waals surface area (Å²) in [7, 11) is 0. The molecule has 0 spiro atoms. The summed E-state index contributed by atoms with van der Waals surface area (Å²) in [6, 6.07) is 7.25. The number of rotatable bonds is 4. The highest BCUT2D eigenvalue weighted by Gasteiger charge is 2.36. The molecule has 2 atom stereocenters. The normalized spacial score (nSPS) is 20.2. The van der Waals surface area contributed by atoms with E-state index in [1.807, 2.05) is 0 Å². The number of pyridine rings is 1. The van der Waals surface area contributed by atoms with Crippen LogP contribution in [0.1, 0.15) is 12.7 Å². The summed E-state index contributed by atoms with van der Waals surface area (Å²) in [5.41, 5.74) is 5.91. The summed E-state index contributed by atoms with van der Waals surface area (Å²) in [6.07, 6.45) is -1.35. The predicted octanol–water partition coefficient (Wildman–Crippen LogP) is 3.67. The fourth-order valence-corrected chi connectivity index (χ4v) is 4.04. The number of aromatic nitrogens is 1. The Balaban J connectivity index is 1.90. The van der Waals surface area contributed by atoms with Gasteiger partial charge in [0.1, 0.15) is 28.8 Å². The highest BCUT2D eigenvalue weighted by molar-refractivity contribution is 7.99. The van der Waals surface area contributed by atoms with Crippen LogP contribution in [0, 0.1) is 28.6 Å². The van der Waals surface area contributed by atoms with E-state index in [2.05, 4.69) is 16.0 Å². The first-order valence-electron chi connectivity index (χ1n) is 7.57. The number of hydrogen-bond acceptors (Lipinski definition) is 7. The number of nitriles is 2. The number of hydrogen-bond donors (Lipinski definition) is 1. The number of thioether (sulfide) groups is 1. The molecule has 3 heterocycles. The molecule has 0 radical (unpaired) electrons. The zero-order chi connectivity index (χ0) is 18.8. The Bertz CT molecular complexity index is 999. The summed E-state index contributed by atoms with van der Waals surface area (Å²) in [5, 5.41) is 18.7. The maximum absolute atomic E-state index is 13.2. The van der Waals surface area contributed by atoms with Gasteiger partial charge in [-0.1, -0.05) is 0 Å². The summed E-state index contributed by atoms with van der Waals surface area (Å²) in [5.74, 6) is 0.410. The number of fused-ring (bicyclic) bond motifs is 1. The van der Waals surface area contributed by atoms with Crippen LogP contribution in [0.15, 0.2) is 39.0 Å². The van der Waals surface area contributed by atoms with Crippen LogP contribution in [0.5, 0.6) is 0 Å². The average Bonchev–Trinajstić information content (AvgIpc) is 3.03. The molecule has 0 saturated carbocycles. The van der Waals surface area contributed by atoms with Crippen molar-refractivity contribution in [1.29, 1.82) is 10.5 Å². The second-order valence-electron chi connectivity index (χ2n) is 5.62. The van der Waals surface area contributed by atoms with E-state index in [1.165, 1.54) is 24.9 Å². The number of nitrogens with zero attached hydrogens (tertiary/aromatic N) is 4. The maximum atomic E-state index is 13.2. The monoisotopic (exact) mass is 373 g/mol. The molecule has 0 aliphatic carbocycles. The van der Waals surface area contributed by atoms with Gasteiger partial charge in [0.05, 0.1) is 34.1 Å². The van der Waals surface area contributed by atoms with Crippen LogP contribution in [-0.4, -0.2) is 22.4 Å². The zero-order valence-electron chi connectivity index (χ0n) is 13.6. The Hall–Kier alpha value is -2.91. The minimum absolute atomic E-state index is 0.167. The third-order valence-corrected chi connectivity index (χ3v) is 5.33. The quantitative estimate of drug-likeness (QED) is 0.875. The SMILES string of the molecule is CC1=NC(C(F)F)=C(C#N)C(SCc2cc3c(N)nccc3o2)C1C#N. The van der Waals surface area contributed by atoms with Crippen molar-refractivity contribution in [1.82, 2.24) is 4.98 Å². The average molecular weight is 373 g/mol. The summed E-state index contributed by atoms with van der Waals surface area (Å²) in [6.45, 7) is 1.52. The molecule has 1 aliphatic rings. The van der Waals surface area contributed by atoms with Crippen molar-refractivity contribution in [2.24, 2.45) is 10.9 Å². The van der Waals surface area contributed by atoms with Gasteiger partial charge in [-0.15, -0.1) is 11.8 Å². The standard InChI is InChI=1S/C17H13F2N5OS/c1-8-11(5-20)15(12(6-21)14(24-8)16(18)19)26-7-9-4-10-13(25-9)2-3-23-17(10)22/h2-4,11,15-16H,7H2,1H3,(H2,22,23). The molecular formula is C17H13F2N5OS. The smallest absolute Gasteiger partial charge is 0.281 e. The van der Waals surface area contributed by atoms with Crippen LogP contribution >= 0.6 is 11.8 Å². The van der Waals surface area contributed by atoms with Crippen LogP contribution in [0.25, 0.3) is 11.0 Å². The van der Waals surface area contributed by atoms with Crippen LogP contribution in [-0.2, 0) is 5.75 Å². The third-order valence-electron chi connectivity index (χ3n) is 4.01. The van der Waals surface area contributed by atoms with Gasteiger partial charge in [-0.05, 0) is 19.1 Å². The van der Waals surface area contributed by atoms with Gasteiger partial charge in [-0.2, -0.15) is 10.5 Å². The fourth-order valence-electron chi connectivity index (χ4n) is 2.76. The number of allylic oxidation sites excluding steroid dienone is 1. The zero-order valence-corrected chi connectivity index (χ0v) is 14.4. The van der Waals surface area contributed by atoms with Gasteiger partial charge in [0.2, 0.25) is 0 Å². The number of nitrogens with two attached hydrogens (primary N) is 1. The first-order valence-corrected chi connectivity index (χ1v) is 8.62. The molecule has 2 aromatic heterocycles. The highest BCUT2D eigenvalue weighted by atomic mass is 32.2. The van der Waals surface area contributed by atoms with Crippen molar-refractivity contribution >= 4 is 34.3 Å². The van der Waals surface area contributed by atoms with Gasteiger partial charge >= 0.3 is 0 Å². The van der Waals surface area contributed by atoms with E-state index < -0.39 is 23.3 Å². The molecule has 2 N–H and O–H groups in total. The first kappa shape index (κ1) is 17.9. The van der Waals surface area contributed by atoms with Crippen molar-refractivity contribution in [2.75, 3.05) is 5.73 Å². The van der Waals surface area contributed by atoms with Gasteiger partial charge in [-0.25, -0.2) is 13.8 Å². The lowest BCUT2D eigenvalue weighted by atomic mass is 9.92. The van der Waals surface area contributed by atoms with E-state index in [0.717, 1.165) is 0 Å². The number of alkyl halides is 2. The topological polar surface area (TPSA) is 112 Å². The van der Waals surface area contributed by atoms with E-state index >= 15 is 0 Å². The molecule has 2 unspecified atom stereocenters. The molecule has 0 aromatic carbocycles. The second kappa shape index (κ2) is 7.14. The van der Waals surface area contributed by atoms with Crippen LogP contribution in [0.4, 0.5) is 14.6 Å². The van der Waals surface area contributed by atoms with E-state index in [0.29, 0.717) is 22.5 Å². The lowest BCUT2D eigenvalue weighted by Crippen LogP contribution is -2.30. The molecule has 1 aliphatic heterocycles. The van der Waals surface area contributed by atoms with E-state index in [1.54, 1.807) is 18.2 Å². The molecule has 9 heteroatoms. The molecule has 3 rings (SSSR count). The molecule has 0 bridgehead atoms. The van der Waals surface area contributed by atoms with Crippen molar-refractivity contribution in [3.8, 4) is 12.1 Å². The fraction of sp³-hybridized carbons (Fsp3) is 0.294. The van der Waals surface area contributed by atoms with Crippen LogP contribution in [0.3, 0.4) is 0 Å². The van der Waals surface area contributed by atoms with Crippen molar-refractivity contribution < 1.29 is 13.2 Å². The van der Waals surface area contributed by atoms with Gasteiger partial charge in [0.15, 0.2) is 0 Å². The van der Waals surface area contributed by atoms with Crippen LogP contribution < -0.4 is 5.73 Å². The minimum atomic E-state index is -2.88. The maximum Gasteiger partial charge on any atom is 0.281 e. The first-order chi connectivity index (χ1) is 12.5. The van der Waals surface area contributed by atoms with Crippen molar-refractivity contribution in [2.45, 2.75) is 24.4 Å². The van der Waals surface area contributed by atoms with E-state index in [9.17, 15) is 19.3 Å². The molecule has 0 saturated heterocycles. The molecule has 26 heavy (non-hydrogen) atoms. The lowest BCUT2D eigenvalue weighted by Gasteiger charge is -2.26. The van der Waals surface area contributed by atoms with Gasteiger partial charge in [0.25, 0.3) is 6.43 Å². The number of anilines is 1. The number of nitrogen functional groups attached to an aromatic ring is 1. The molecule has 132 valence electrons. The Morgan fingerprint density at radius 2 is 2.19 bits per heavy atom. The molecule has 6 nitrogen and oxygen atoms in total. The highest BCUT2D eigenvalue weighted by Crippen LogP contribution is 2.38. The summed E-state index contributed by atoms with van der Waals surface area (Å²) < 4.78 is 32.1. The summed E-state index contributed by atoms with van der Waals surface area (Å²) >= 11 is 1.19. The predicted molar refractivity (Wildman–Crippen MR) is 94.4 cm³/mol. The summed E-state index contributed by atoms with van der Waals surface area (Å²) in [4.78, 5) is 7.76. The van der Waals surface area contributed by atoms with Crippen LogP contribution in [0.2, 0.25) is 0 Å². The second-order valence-corrected chi connectivity index (χ2v) is 6.75. The molecule has 0 fully saturated rings. The Morgan fingerprint density at radius 1 is 1.42 bits per heavy atom. The number of halogens is 2. The lowest BCUT2D eigenvalue weighted by molar-refractivity contribution is 0.186. The van der Waals surface area contributed by atoms with Gasteiger partial charge < -0.3 is 10.2 Å². The molecule has 2 aromatic rings. The Kier molecular flexibility index (Phi) is 4.92. The van der Waals surface area contributed by atoms with Gasteiger partial charge in [-0.3, -0.25) is 4.99 Å². The van der Waals surface area contributed by atoms with Crippen molar-refractivity contribution in [3.63, 3.8) is 0 Å². The third kappa shape index (κ3) is 3.14.